The molecule has 0 amide bonds. The Balaban J connectivity index is 3.44. The van der Waals surface area contributed by atoms with Gasteiger partial charge in [-0.2, -0.15) is 0 Å². The molecule has 0 aliphatic heterocycles. The molecule has 0 unspecified atom stereocenters. The lowest BCUT2D eigenvalue weighted by molar-refractivity contribution is 0.320. The van der Waals surface area contributed by atoms with Gasteiger partial charge in [-0.25, -0.2) is 0 Å². The molecular weight excluding hydrogens is 214 g/mol. The third-order valence-corrected chi connectivity index (χ3v) is 2.51. The van der Waals surface area contributed by atoms with Gasteiger partial charge in [0.2, 0.25) is 5.75 Å². The molecule has 2 N–H and O–H groups in total. The molecular formula is C10H15NO3S. The molecule has 0 fully saturated rings. The molecule has 0 saturated carbocycles. The molecule has 84 valence electrons. The van der Waals surface area contributed by atoms with Crippen LogP contribution in [0.25, 0.3) is 0 Å². The Morgan fingerprint density at radius 2 is 1.73 bits per heavy atom. The monoisotopic (exact) mass is 229 g/mol. The highest BCUT2D eigenvalue weighted by molar-refractivity contribution is 7.80. The van der Waals surface area contributed by atoms with Gasteiger partial charge in [0.25, 0.3) is 0 Å². The molecule has 0 aromatic heterocycles. The lowest BCUT2D eigenvalue weighted by Gasteiger charge is -2.16. The van der Waals surface area contributed by atoms with E-state index in [1.165, 1.54) is 0 Å². The first-order valence-corrected chi connectivity index (χ1v) is 4.85. The number of methoxy groups -OCH3 is 3. The maximum Gasteiger partial charge on any atom is 0.203 e. The first-order chi connectivity index (χ1) is 7.19. The summed E-state index contributed by atoms with van der Waals surface area (Å²) in [5.41, 5.74) is 6.42. The standard InChI is InChI=1S/C10H15NO3S/c1-12-7-4-8(15)6(5-11)9(13-2)10(7)14-3/h4,15H,5,11H2,1-3H3. The van der Waals surface area contributed by atoms with E-state index in [0.29, 0.717) is 23.8 Å². The average molecular weight is 229 g/mol. The molecule has 0 bridgehead atoms. The largest absolute Gasteiger partial charge is 0.493 e. The smallest absolute Gasteiger partial charge is 0.203 e. The summed E-state index contributed by atoms with van der Waals surface area (Å²) < 4.78 is 15.6. The number of hydrogen-bond donors (Lipinski definition) is 2. The number of benzene rings is 1. The fraction of sp³-hybridized carbons (Fsp3) is 0.400. The second kappa shape index (κ2) is 5.14. The summed E-state index contributed by atoms with van der Waals surface area (Å²) in [6.07, 6.45) is 0. The Hall–Kier alpha value is -1.07. The second-order valence-corrected chi connectivity index (χ2v) is 3.33. The Bertz CT molecular complexity index is 355. The number of nitrogens with two attached hydrogens (primary N) is 1. The van der Waals surface area contributed by atoms with E-state index < -0.39 is 0 Å². The number of thiol groups is 1. The van der Waals surface area contributed by atoms with Gasteiger partial charge in [0.1, 0.15) is 0 Å². The van der Waals surface area contributed by atoms with Gasteiger partial charge in [0, 0.05) is 17.0 Å². The number of hydrogen-bond acceptors (Lipinski definition) is 5. The molecule has 0 spiro atoms. The maximum atomic E-state index is 5.62. The van der Waals surface area contributed by atoms with Gasteiger partial charge in [0.15, 0.2) is 11.5 Å². The molecule has 0 aliphatic rings. The zero-order valence-corrected chi connectivity index (χ0v) is 9.93. The SMILES string of the molecule is COc1cc(S)c(CN)c(OC)c1OC. The molecule has 0 radical (unpaired) electrons. The minimum Gasteiger partial charge on any atom is -0.493 e. The summed E-state index contributed by atoms with van der Waals surface area (Å²) in [6, 6.07) is 1.76. The van der Waals surface area contributed by atoms with Crippen LogP contribution in [-0.4, -0.2) is 21.3 Å². The minimum absolute atomic E-state index is 0.336. The maximum absolute atomic E-state index is 5.62. The molecule has 0 aliphatic carbocycles. The number of rotatable bonds is 4. The third-order valence-electron chi connectivity index (χ3n) is 2.11. The summed E-state index contributed by atoms with van der Waals surface area (Å²) in [4.78, 5) is 0.729. The molecule has 15 heavy (non-hydrogen) atoms. The van der Waals surface area contributed by atoms with Crippen molar-refractivity contribution >= 4 is 12.6 Å². The number of ether oxygens (including phenoxy) is 3. The molecule has 0 atom stereocenters. The van der Waals surface area contributed by atoms with E-state index in [1.54, 1.807) is 27.4 Å². The highest BCUT2D eigenvalue weighted by atomic mass is 32.1. The van der Waals surface area contributed by atoms with Crippen molar-refractivity contribution in [2.24, 2.45) is 5.73 Å². The van der Waals surface area contributed by atoms with Crippen LogP contribution in [-0.2, 0) is 6.54 Å². The van der Waals surface area contributed by atoms with Crippen LogP contribution in [0.15, 0.2) is 11.0 Å². The van der Waals surface area contributed by atoms with Crippen LogP contribution in [0.5, 0.6) is 17.2 Å². The Morgan fingerprint density at radius 1 is 1.13 bits per heavy atom. The fourth-order valence-electron chi connectivity index (χ4n) is 1.40. The van der Waals surface area contributed by atoms with Gasteiger partial charge in [-0.1, -0.05) is 0 Å². The zero-order valence-electron chi connectivity index (χ0n) is 9.03. The summed E-state index contributed by atoms with van der Waals surface area (Å²) >= 11 is 4.32. The highest BCUT2D eigenvalue weighted by Gasteiger charge is 2.17. The van der Waals surface area contributed by atoms with E-state index in [9.17, 15) is 0 Å². The predicted molar refractivity (Wildman–Crippen MR) is 61.2 cm³/mol. The Morgan fingerprint density at radius 3 is 2.13 bits per heavy atom. The normalized spacial score (nSPS) is 9.93. The summed E-state index contributed by atoms with van der Waals surface area (Å²) in [5, 5.41) is 0. The Kier molecular flexibility index (Phi) is 4.11. The van der Waals surface area contributed by atoms with Crippen LogP contribution in [0, 0.1) is 0 Å². The first-order valence-electron chi connectivity index (χ1n) is 4.40. The van der Waals surface area contributed by atoms with Crippen molar-refractivity contribution in [3.63, 3.8) is 0 Å². The average Bonchev–Trinajstić information content (AvgIpc) is 2.27. The molecule has 0 saturated heterocycles. The van der Waals surface area contributed by atoms with Gasteiger partial charge in [-0.05, 0) is 6.07 Å². The predicted octanol–water partition coefficient (Wildman–Crippen LogP) is 1.46. The van der Waals surface area contributed by atoms with Crippen molar-refractivity contribution in [3.8, 4) is 17.2 Å². The zero-order chi connectivity index (χ0) is 11.4. The summed E-state index contributed by atoms with van der Waals surface area (Å²) in [7, 11) is 4.68. The topological polar surface area (TPSA) is 53.7 Å². The van der Waals surface area contributed by atoms with Crippen LogP contribution in [0.1, 0.15) is 5.56 Å². The van der Waals surface area contributed by atoms with E-state index >= 15 is 0 Å². The van der Waals surface area contributed by atoms with Crippen molar-refractivity contribution in [3.05, 3.63) is 11.6 Å². The van der Waals surface area contributed by atoms with Crippen LogP contribution in [0.4, 0.5) is 0 Å². The fourth-order valence-corrected chi connectivity index (χ4v) is 1.71. The van der Waals surface area contributed by atoms with E-state index in [-0.39, 0.29) is 0 Å². The van der Waals surface area contributed by atoms with E-state index in [1.807, 2.05) is 0 Å². The van der Waals surface area contributed by atoms with E-state index in [4.69, 9.17) is 19.9 Å². The van der Waals surface area contributed by atoms with Gasteiger partial charge in [-0.3, -0.25) is 0 Å². The molecule has 4 nitrogen and oxygen atoms in total. The van der Waals surface area contributed by atoms with Crippen molar-refractivity contribution in [2.75, 3.05) is 21.3 Å². The van der Waals surface area contributed by atoms with Gasteiger partial charge in [-0.15, -0.1) is 12.6 Å². The lowest BCUT2D eigenvalue weighted by Crippen LogP contribution is -2.04. The molecule has 1 rings (SSSR count). The van der Waals surface area contributed by atoms with Crippen LogP contribution in [0.3, 0.4) is 0 Å². The van der Waals surface area contributed by atoms with Crippen molar-refractivity contribution < 1.29 is 14.2 Å². The summed E-state index contributed by atoms with van der Waals surface area (Å²) in [5.74, 6) is 1.69. The van der Waals surface area contributed by atoms with Gasteiger partial charge < -0.3 is 19.9 Å². The molecule has 5 heteroatoms. The molecule has 1 aromatic rings. The van der Waals surface area contributed by atoms with Gasteiger partial charge >= 0.3 is 0 Å². The van der Waals surface area contributed by atoms with Crippen molar-refractivity contribution in [2.45, 2.75) is 11.4 Å². The second-order valence-electron chi connectivity index (χ2n) is 2.85. The van der Waals surface area contributed by atoms with E-state index in [2.05, 4.69) is 12.6 Å². The van der Waals surface area contributed by atoms with Crippen LogP contribution < -0.4 is 19.9 Å². The summed E-state index contributed by atoms with van der Waals surface area (Å²) in [6.45, 7) is 0.336. The van der Waals surface area contributed by atoms with Crippen molar-refractivity contribution in [1.82, 2.24) is 0 Å². The van der Waals surface area contributed by atoms with Gasteiger partial charge in [0.05, 0.1) is 21.3 Å². The highest BCUT2D eigenvalue weighted by Crippen LogP contribution is 2.42. The van der Waals surface area contributed by atoms with Crippen molar-refractivity contribution in [1.29, 1.82) is 0 Å². The van der Waals surface area contributed by atoms with E-state index in [0.717, 1.165) is 10.5 Å². The third kappa shape index (κ3) is 2.13. The first kappa shape index (κ1) is 12.0. The minimum atomic E-state index is 0.336. The Labute approximate surface area is 94.7 Å². The van der Waals surface area contributed by atoms with Crippen LogP contribution >= 0.6 is 12.6 Å². The molecule has 0 heterocycles. The molecule has 1 aromatic carbocycles. The van der Waals surface area contributed by atoms with Crippen LogP contribution in [0.2, 0.25) is 0 Å². The quantitative estimate of drug-likeness (QED) is 0.767. The lowest BCUT2D eigenvalue weighted by atomic mass is 10.1.